The van der Waals surface area contributed by atoms with Gasteiger partial charge >= 0.3 is 0 Å². The van der Waals surface area contributed by atoms with E-state index in [1.807, 2.05) is 43.0 Å². The van der Waals surface area contributed by atoms with E-state index in [2.05, 4.69) is 25.9 Å². The van der Waals surface area contributed by atoms with Gasteiger partial charge < -0.3 is 15.4 Å². The van der Waals surface area contributed by atoms with E-state index in [1.54, 1.807) is 13.3 Å². The number of nitrogens with zero attached hydrogens (tertiary/aromatic N) is 3. The molecule has 114 valence electrons. The lowest BCUT2D eigenvalue weighted by molar-refractivity contribution is 0.363. The molecule has 1 atom stereocenters. The summed E-state index contributed by atoms with van der Waals surface area (Å²) in [5, 5.41) is 4.40. The Morgan fingerprint density at radius 2 is 2.00 bits per heavy atom. The van der Waals surface area contributed by atoms with Crippen LogP contribution in [0.2, 0.25) is 0 Å². The monoisotopic (exact) mass is 352 g/mol. The largest absolute Gasteiger partial charge is 0.493 e. The van der Waals surface area contributed by atoms with Crippen LogP contribution >= 0.6 is 15.9 Å². The van der Waals surface area contributed by atoms with Gasteiger partial charge in [0, 0.05) is 11.0 Å². The van der Waals surface area contributed by atoms with Crippen LogP contribution in [-0.4, -0.2) is 42.4 Å². The summed E-state index contributed by atoms with van der Waals surface area (Å²) in [5.74, 6) is 0.726. The van der Waals surface area contributed by atoms with Gasteiger partial charge in [-0.3, -0.25) is 4.68 Å². The van der Waals surface area contributed by atoms with Gasteiger partial charge in [0.2, 0.25) is 0 Å². The zero-order valence-electron chi connectivity index (χ0n) is 12.6. The second kappa shape index (κ2) is 7.06. The summed E-state index contributed by atoms with van der Waals surface area (Å²) >= 11 is 3.44. The van der Waals surface area contributed by atoms with Crippen molar-refractivity contribution in [2.45, 2.75) is 12.6 Å². The van der Waals surface area contributed by atoms with Gasteiger partial charge in [0.1, 0.15) is 5.69 Å². The Bertz CT molecular complexity index is 580. The van der Waals surface area contributed by atoms with Crippen LogP contribution in [0.1, 0.15) is 17.3 Å². The molecular formula is C15H21BrN4O. The third-order valence-electron chi connectivity index (χ3n) is 3.35. The lowest BCUT2D eigenvalue weighted by atomic mass is 10.0. The highest BCUT2D eigenvalue weighted by molar-refractivity contribution is 9.10. The molecule has 0 bridgehead atoms. The highest BCUT2D eigenvalue weighted by atomic mass is 79.9. The molecule has 2 rings (SSSR count). The number of ether oxygens (including phenoxy) is 1. The van der Waals surface area contributed by atoms with Crippen molar-refractivity contribution in [1.82, 2.24) is 14.7 Å². The molecule has 0 saturated carbocycles. The van der Waals surface area contributed by atoms with Crippen LogP contribution in [0.4, 0.5) is 0 Å². The number of benzene rings is 1. The van der Waals surface area contributed by atoms with Gasteiger partial charge in [0.25, 0.3) is 0 Å². The topological polar surface area (TPSA) is 56.3 Å². The number of hydrogen-bond donors (Lipinski definition) is 1. The molecule has 1 heterocycles. The van der Waals surface area contributed by atoms with E-state index in [0.717, 1.165) is 34.6 Å². The molecule has 1 aromatic carbocycles. The number of halogens is 1. The fraction of sp³-hybridized carbons (Fsp3) is 0.400. The van der Waals surface area contributed by atoms with Crippen LogP contribution in [0.25, 0.3) is 0 Å². The molecule has 0 radical (unpaired) electrons. The fourth-order valence-electron chi connectivity index (χ4n) is 2.15. The average Bonchev–Trinajstić information content (AvgIpc) is 2.88. The Kier molecular flexibility index (Phi) is 5.39. The van der Waals surface area contributed by atoms with Crippen molar-refractivity contribution < 1.29 is 4.74 Å². The Morgan fingerprint density at radius 3 is 2.57 bits per heavy atom. The standard InChI is InChI=1S/C15H21BrN4O/c1-19(2)8-9-20-15(13(21-3)10-18-20)14(17)11-4-6-12(16)7-5-11/h4-7,10,14H,8-9,17H2,1-3H3. The lowest BCUT2D eigenvalue weighted by Gasteiger charge is -2.17. The maximum Gasteiger partial charge on any atom is 0.161 e. The molecule has 0 spiro atoms. The minimum absolute atomic E-state index is 0.266. The van der Waals surface area contributed by atoms with Crippen molar-refractivity contribution in [1.29, 1.82) is 0 Å². The predicted molar refractivity (Wildman–Crippen MR) is 87.5 cm³/mol. The summed E-state index contributed by atoms with van der Waals surface area (Å²) < 4.78 is 8.37. The highest BCUT2D eigenvalue weighted by Gasteiger charge is 2.20. The molecule has 6 heteroatoms. The van der Waals surface area contributed by atoms with Crippen molar-refractivity contribution in [2.24, 2.45) is 5.73 Å². The Morgan fingerprint density at radius 1 is 1.33 bits per heavy atom. The van der Waals surface area contributed by atoms with Crippen LogP contribution in [0, 0.1) is 0 Å². The minimum Gasteiger partial charge on any atom is -0.493 e. The van der Waals surface area contributed by atoms with Crippen LogP contribution in [0.5, 0.6) is 5.75 Å². The van der Waals surface area contributed by atoms with Crippen molar-refractivity contribution in [3.8, 4) is 5.75 Å². The smallest absolute Gasteiger partial charge is 0.161 e. The van der Waals surface area contributed by atoms with E-state index in [0.29, 0.717) is 0 Å². The number of nitrogens with two attached hydrogens (primary N) is 1. The first-order valence-corrected chi connectivity index (χ1v) is 7.57. The summed E-state index contributed by atoms with van der Waals surface area (Å²) in [6.07, 6.45) is 1.73. The summed E-state index contributed by atoms with van der Waals surface area (Å²) in [6.45, 7) is 1.67. The van der Waals surface area contributed by atoms with E-state index in [9.17, 15) is 0 Å². The molecule has 1 aromatic heterocycles. The molecule has 0 fully saturated rings. The SMILES string of the molecule is COc1cnn(CCN(C)C)c1C(N)c1ccc(Br)cc1. The molecule has 0 aliphatic rings. The van der Waals surface area contributed by atoms with Crippen molar-refractivity contribution in [2.75, 3.05) is 27.7 Å². The second-order valence-electron chi connectivity index (χ2n) is 5.15. The Labute approximate surface area is 133 Å². The van der Waals surface area contributed by atoms with Gasteiger partial charge in [-0.2, -0.15) is 5.10 Å². The van der Waals surface area contributed by atoms with Crippen molar-refractivity contribution >= 4 is 15.9 Å². The van der Waals surface area contributed by atoms with Crippen molar-refractivity contribution in [3.05, 3.63) is 46.2 Å². The maximum atomic E-state index is 6.42. The normalized spacial score (nSPS) is 12.7. The van der Waals surface area contributed by atoms with Gasteiger partial charge in [0.15, 0.2) is 5.75 Å². The summed E-state index contributed by atoms with van der Waals surface area (Å²) in [7, 11) is 5.72. The molecule has 5 nitrogen and oxygen atoms in total. The maximum absolute atomic E-state index is 6.42. The third-order valence-corrected chi connectivity index (χ3v) is 3.88. The molecule has 0 aliphatic carbocycles. The van der Waals surface area contributed by atoms with E-state index < -0.39 is 0 Å². The summed E-state index contributed by atoms with van der Waals surface area (Å²) in [4.78, 5) is 2.11. The lowest BCUT2D eigenvalue weighted by Crippen LogP contribution is -2.23. The molecule has 2 aromatic rings. The number of methoxy groups -OCH3 is 1. The van der Waals surface area contributed by atoms with E-state index in [4.69, 9.17) is 10.5 Å². The fourth-order valence-corrected chi connectivity index (χ4v) is 2.41. The van der Waals surface area contributed by atoms with E-state index in [-0.39, 0.29) is 6.04 Å². The highest BCUT2D eigenvalue weighted by Crippen LogP contribution is 2.28. The van der Waals surface area contributed by atoms with Gasteiger partial charge in [-0.05, 0) is 31.8 Å². The van der Waals surface area contributed by atoms with Crippen LogP contribution in [-0.2, 0) is 6.54 Å². The van der Waals surface area contributed by atoms with E-state index in [1.165, 1.54) is 0 Å². The quantitative estimate of drug-likeness (QED) is 0.866. The first-order chi connectivity index (χ1) is 10.0. The van der Waals surface area contributed by atoms with Gasteiger partial charge in [0.05, 0.1) is 25.9 Å². The van der Waals surface area contributed by atoms with Crippen molar-refractivity contribution in [3.63, 3.8) is 0 Å². The zero-order chi connectivity index (χ0) is 15.4. The molecule has 0 saturated heterocycles. The second-order valence-corrected chi connectivity index (χ2v) is 6.07. The van der Waals surface area contributed by atoms with Crippen LogP contribution < -0.4 is 10.5 Å². The number of rotatable bonds is 6. The molecular weight excluding hydrogens is 332 g/mol. The molecule has 0 amide bonds. The number of aromatic nitrogens is 2. The number of likely N-dealkylation sites (N-methyl/N-ethyl adjacent to an activating group) is 1. The van der Waals surface area contributed by atoms with Crippen LogP contribution in [0.15, 0.2) is 34.9 Å². The molecule has 2 N–H and O–H groups in total. The Balaban J connectivity index is 2.31. The molecule has 1 unspecified atom stereocenters. The summed E-state index contributed by atoms with van der Waals surface area (Å²) in [6, 6.07) is 7.73. The third kappa shape index (κ3) is 3.84. The van der Waals surface area contributed by atoms with Gasteiger partial charge in [-0.25, -0.2) is 0 Å². The van der Waals surface area contributed by atoms with Gasteiger partial charge in [-0.15, -0.1) is 0 Å². The molecule has 21 heavy (non-hydrogen) atoms. The number of hydrogen-bond acceptors (Lipinski definition) is 4. The van der Waals surface area contributed by atoms with Gasteiger partial charge in [-0.1, -0.05) is 28.1 Å². The first kappa shape index (κ1) is 16.0. The Hall–Kier alpha value is -1.37. The summed E-state index contributed by atoms with van der Waals surface area (Å²) in [5.41, 5.74) is 8.36. The molecule has 0 aliphatic heterocycles. The average molecular weight is 353 g/mol. The predicted octanol–water partition coefficient (Wildman–Crippen LogP) is 2.26. The minimum atomic E-state index is -0.266. The first-order valence-electron chi connectivity index (χ1n) is 6.78. The van der Waals surface area contributed by atoms with E-state index >= 15 is 0 Å². The van der Waals surface area contributed by atoms with Crippen LogP contribution in [0.3, 0.4) is 0 Å². The zero-order valence-corrected chi connectivity index (χ0v) is 14.2.